The molecule has 1 aromatic heterocycles. The lowest BCUT2D eigenvalue weighted by molar-refractivity contribution is -0.139. The van der Waals surface area contributed by atoms with Gasteiger partial charge in [0.25, 0.3) is 5.56 Å². The van der Waals surface area contributed by atoms with E-state index in [9.17, 15) is 22.8 Å². The van der Waals surface area contributed by atoms with Crippen LogP contribution in [0.15, 0.2) is 76.4 Å². The van der Waals surface area contributed by atoms with Gasteiger partial charge in [-0.05, 0) is 11.1 Å². The summed E-state index contributed by atoms with van der Waals surface area (Å²) in [6, 6.07) is 18.1. The van der Waals surface area contributed by atoms with Crippen LogP contribution in [-0.2, 0) is 35.4 Å². The molecule has 0 spiro atoms. The van der Waals surface area contributed by atoms with E-state index in [1.807, 2.05) is 60.7 Å². The summed E-state index contributed by atoms with van der Waals surface area (Å²) < 4.78 is 66.6. The smallest absolute Gasteiger partial charge is 0.373 e. The van der Waals surface area contributed by atoms with Gasteiger partial charge in [-0.2, -0.15) is 13.2 Å². The van der Waals surface area contributed by atoms with E-state index in [0.29, 0.717) is 10.8 Å². The zero-order valence-corrected chi connectivity index (χ0v) is 18.2. The lowest BCUT2D eigenvalue weighted by Gasteiger charge is -2.26. The first kappa shape index (κ1) is 25.4. The highest BCUT2D eigenvalue weighted by atomic mass is 19.4. The predicted octanol–water partition coefficient (Wildman–Crippen LogP) is 4.09. The molecule has 1 heterocycles. The molecule has 0 atom stereocenters. The summed E-state index contributed by atoms with van der Waals surface area (Å²) >= 11 is 0. The Morgan fingerprint density at radius 1 is 0.794 bits per heavy atom. The SMILES string of the molecule is O=c1[nH]c(=O)n(CCC(F)(COCc2ccccc2)COCc2ccccc2)cc1C(F)(F)F. The van der Waals surface area contributed by atoms with Crippen LogP contribution >= 0.6 is 0 Å². The van der Waals surface area contributed by atoms with Gasteiger partial charge in [-0.15, -0.1) is 0 Å². The first-order valence-electron chi connectivity index (χ1n) is 10.5. The molecular formula is C24H24F4N2O4. The van der Waals surface area contributed by atoms with Gasteiger partial charge in [0, 0.05) is 19.2 Å². The van der Waals surface area contributed by atoms with Crippen molar-refractivity contribution >= 4 is 0 Å². The average Bonchev–Trinajstić information content (AvgIpc) is 2.79. The number of hydrogen-bond acceptors (Lipinski definition) is 4. The van der Waals surface area contributed by atoms with Gasteiger partial charge in [0.2, 0.25) is 0 Å². The second-order valence-corrected chi connectivity index (χ2v) is 7.85. The molecule has 0 fully saturated rings. The molecule has 0 saturated heterocycles. The standard InChI is InChI=1S/C24H24F4N2O4/c25-23(16-33-14-18-7-3-1-4-8-18,17-34-15-19-9-5-2-6-10-19)11-12-30-13-20(24(26,27)28)21(31)29-22(30)32/h1-10,13H,11-12,14-17H2,(H,29,31,32). The zero-order valence-electron chi connectivity index (χ0n) is 18.2. The third-order valence-corrected chi connectivity index (χ3v) is 5.06. The van der Waals surface area contributed by atoms with Crippen molar-refractivity contribution < 1.29 is 27.0 Å². The van der Waals surface area contributed by atoms with E-state index >= 15 is 4.39 Å². The van der Waals surface area contributed by atoms with Crippen LogP contribution in [0.25, 0.3) is 0 Å². The van der Waals surface area contributed by atoms with Crippen molar-refractivity contribution in [2.75, 3.05) is 13.2 Å². The fourth-order valence-electron chi connectivity index (χ4n) is 3.24. The van der Waals surface area contributed by atoms with Gasteiger partial charge >= 0.3 is 11.9 Å². The van der Waals surface area contributed by atoms with E-state index < -0.39 is 48.4 Å². The zero-order chi connectivity index (χ0) is 24.6. The summed E-state index contributed by atoms with van der Waals surface area (Å²) in [5, 5.41) is 0. The van der Waals surface area contributed by atoms with Gasteiger partial charge < -0.3 is 9.47 Å². The molecule has 0 saturated carbocycles. The monoisotopic (exact) mass is 480 g/mol. The molecular weight excluding hydrogens is 456 g/mol. The maximum atomic E-state index is 15.8. The Hall–Kier alpha value is -3.24. The number of H-pyrrole nitrogens is 1. The number of benzene rings is 2. The molecule has 0 bridgehead atoms. The maximum Gasteiger partial charge on any atom is 0.423 e. The Kier molecular flexibility index (Phi) is 8.41. The number of hydrogen-bond donors (Lipinski definition) is 1. The molecule has 34 heavy (non-hydrogen) atoms. The number of rotatable bonds is 11. The van der Waals surface area contributed by atoms with Crippen LogP contribution in [0.3, 0.4) is 0 Å². The summed E-state index contributed by atoms with van der Waals surface area (Å²) in [5.74, 6) is 0. The Morgan fingerprint density at radius 3 is 1.76 bits per heavy atom. The quantitative estimate of drug-likeness (QED) is 0.420. The minimum absolute atomic E-state index is 0.127. The second kappa shape index (κ2) is 11.3. The van der Waals surface area contributed by atoms with Gasteiger partial charge in [-0.3, -0.25) is 14.3 Å². The van der Waals surface area contributed by atoms with Gasteiger partial charge in [0.1, 0.15) is 5.56 Å². The molecule has 0 aliphatic rings. The van der Waals surface area contributed by atoms with E-state index in [0.717, 1.165) is 11.1 Å². The van der Waals surface area contributed by atoms with Crippen LogP contribution in [-0.4, -0.2) is 28.4 Å². The lowest BCUT2D eigenvalue weighted by Crippen LogP contribution is -2.39. The summed E-state index contributed by atoms with van der Waals surface area (Å²) in [5.41, 5.74) is -4.59. The van der Waals surface area contributed by atoms with E-state index in [1.54, 1.807) is 4.98 Å². The summed E-state index contributed by atoms with van der Waals surface area (Å²) in [6.45, 7) is -0.968. The Balaban J connectivity index is 1.70. The fourth-order valence-corrected chi connectivity index (χ4v) is 3.24. The molecule has 1 N–H and O–H groups in total. The van der Waals surface area contributed by atoms with E-state index in [1.165, 1.54) is 0 Å². The predicted molar refractivity (Wildman–Crippen MR) is 117 cm³/mol. The number of halogens is 4. The first-order chi connectivity index (χ1) is 16.2. The van der Waals surface area contributed by atoms with E-state index in [-0.39, 0.29) is 19.6 Å². The molecule has 10 heteroatoms. The van der Waals surface area contributed by atoms with Crippen LogP contribution < -0.4 is 11.2 Å². The average molecular weight is 480 g/mol. The van der Waals surface area contributed by atoms with Crippen molar-refractivity contribution in [2.24, 2.45) is 0 Å². The largest absolute Gasteiger partial charge is 0.423 e. The fraction of sp³-hybridized carbons (Fsp3) is 0.333. The van der Waals surface area contributed by atoms with Gasteiger partial charge in [-0.1, -0.05) is 60.7 Å². The Morgan fingerprint density at radius 2 is 1.29 bits per heavy atom. The first-order valence-corrected chi connectivity index (χ1v) is 10.5. The lowest BCUT2D eigenvalue weighted by atomic mass is 10.0. The molecule has 0 unspecified atom stereocenters. The van der Waals surface area contributed by atoms with Crippen LogP contribution in [0.4, 0.5) is 17.6 Å². The maximum absolute atomic E-state index is 15.8. The minimum Gasteiger partial charge on any atom is -0.373 e. The van der Waals surface area contributed by atoms with Crippen molar-refractivity contribution in [3.05, 3.63) is 104 Å². The van der Waals surface area contributed by atoms with Gasteiger partial charge in [0.15, 0.2) is 5.67 Å². The normalized spacial score (nSPS) is 12.1. The number of alkyl halides is 4. The number of aromatic amines is 1. The van der Waals surface area contributed by atoms with Crippen molar-refractivity contribution in [3.63, 3.8) is 0 Å². The third-order valence-electron chi connectivity index (χ3n) is 5.06. The molecule has 3 rings (SSSR count). The number of aromatic nitrogens is 2. The van der Waals surface area contributed by atoms with Crippen LogP contribution in [0.1, 0.15) is 23.1 Å². The third kappa shape index (κ3) is 7.39. The van der Waals surface area contributed by atoms with Gasteiger partial charge in [0.05, 0.1) is 26.4 Å². The van der Waals surface area contributed by atoms with Crippen LogP contribution in [0, 0.1) is 0 Å². The van der Waals surface area contributed by atoms with Crippen molar-refractivity contribution in [1.82, 2.24) is 9.55 Å². The van der Waals surface area contributed by atoms with Gasteiger partial charge in [-0.25, -0.2) is 9.18 Å². The molecule has 6 nitrogen and oxygen atoms in total. The minimum atomic E-state index is -4.95. The highest BCUT2D eigenvalue weighted by Crippen LogP contribution is 2.26. The number of nitrogens with zero attached hydrogens (tertiary/aromatic N) is 1. The Labute approximate surface area is 192 Å². The molecule has 2 aromatic carbocycles. The molecule has 0 aliphatic heterocycles. The van der Waals surface area contributed by atoms with Crippen molar-refractivity contribution in [3.8, 4) is 0 Å². The number of aryl methyl sites for hydroxylation is 1. The Bertz CT molecular complexity index is 1120. The molecule has 0 aliphatic carbocycles. The number of ether oxygens (including phenoxy) is 2. The molecule has 0 amide bonds. The van der Waals surface area contributed by atoms with E-state index in [2.05, 4.69) is 0 Å². The van der Waals surface area contributed by atoms with Crippen molar-refractivity contribution in [1.29, 1.82) is 0 Å². The summed E-state index contributed by atoms with van der Waals surface area (Å²) in [7, 11) is 0. The van der Waals surface area contributed by atoms with Crippen LogP contribution in [0.5, 0.6) is 0 Å². The topological polar surface area (TPSA) is 73.3 Å². The summed E-state index contributed by atoms with van der Waals surface area (Å²) in [6.07, 6.45) is -4.93. The number of nitrogens with one attached hydrogen (secondary N) is 1. The highest BCUT2D eigenvalue weighted by Gasteiger charge is 2.36. The summed E-state index contributed by atoms with van der Waals surface area (Å²) in [4.78, 5) is 25.1. The highest BCUT2D eigenvalue weighted by molar-refractivity contribution is 5.14. The molecule has 3 aromatic rings. The van der Waals surface area contributed by atoms with E-state index in [4.69, 9.17) is 9.47 Å². The van der Waals surface area contributed by atoms with Crippen molar-refractivity contribution in [2.45, 2.75) is 38.0 Å². The molecule has 0 radical (unpaired) electrons. The molecule has 182 valence electrons. The van der Waals surface area contributed by atoms with Crippen LogP contribution in [0.2, 0.25) is 0 Å². The second-order valence-electron chi connectivity index (χ2n) is 7.85.